The molecule has 84 valence electrons. The molecule has 1 aromatic rings. The van der Waals surface area contributed by atoms with E-state index in [4.69, 9.17) is 9.47 Å². The third-order valence-corrected chi connectivity index (χ3v) is 2.39. The Labute approximate surface area is 92.2 Å². The van der Waals surface area contributed by atoms with E-state index in [0.29, 0.717) is 0 Å². The van der Waals surface area contributed by atoms with Gasteiger partial charge >= 0.3 is 0 Å². The van der Waals surface area contributed by atoms with Crippen LogP contribution in [0.25, 0.3) is 0 Å². The molecule has 0 saturated carbocycles. The van der Waals surface area contributed by atoms with Crippen LogP contribution in [0, 0.1) is 0 Å². The van der Waals surface area contributed by atoms with E-state index in [1.165, 1.54) is 12.0 Å². The number of hydrogen-bond donors (Lipinski definition) is 0. The van der Waals surface area contributed by atoms with Crippen LogP contribution in [0.15, 0.2) is 30.3 Å². The molecule has 0 bridgehead atoms. The summed E-state index contributed by atoms with van der Waals surface area (Å²) in [4.78, 5) is 0. The van der Waals surface area contributed by atoms with E-state index in [9.17, 15) is 0 Å². The Hall–Kier alpha value is -0.860. The Bertz CT molecular complexity index is 246. The van der Waals surface area contributed by atoms with Gasteiger partial charge in [0.1, 0.15) is 0 Å². The average molecular weight is 208 g/mol. The minimum atomic E-state index is -0.0817. The van der Waals surface area contributed by atoms with E-state index in [1.54, 1.807) is 7.11 Å². The fourth-order valence-corrected chi connectivity index (χ4v) is 1.39. The fraction of sp³-hybridized carbons (Fsp3) is 0.538. The van der Waals surface area contributed by atoms with Crippen molar-refractivity contribution >= 4 is 0 Å². The van der Waals surface area contributed by atoms with Crippen LogP contribution in [0.5, 0.6) is 0 Å². The average Bonchev–Trinajstić information content (AvgIpc) is 2.29. The van der Waals surface area contributed by atoms with Crippen molar-refractivity contribution in [2.45, 2.75) is 32.5 Å². The van der Waals surface area contributed by atoms with Crippen LogP contribution in [0.3, 0.4) is 0 Å². The molecule has 0 heterocycles. The van der Waals surface area contributed by atoms with Crippen molar-refractivity contribution in [3.63, 3.8) is 0 Å². The second-order valence-electron chi connectivity index (χ2n) is 3.62. The summed E-state index contributed by atoms with van der Waals surface area (Å²) in [5.74, 6) is 0. The van der Waals surface area contributed by atoms with Crippen molar-refractivity contribution < 1.29 is 9.47 Å². The number of rotatable bonds is 7. The summed E-state index contributed by atoms with van der Waals surface area (Å²) in [6.07, 6.45) is 3.30. The number of methoxy groups -OCH3 is 1. The van der Waals surface area contributed by atoms with Gasteiger partial charge in [-0.1, -0.05) is 30.3 Å². The first kappa shape index (κ1) is 12.2. The van der Waals surface area contributed by atoms with Gasteiger partial charge in [0.25, 0.3) is 0 Å². The molecule has 0 N–H and O–H groups in total. The third kappa shape index (κ3) is 5.55. The zero-order valence-electron chi connectivity index (χ0n) is 9.61. The zero-order valence-corrected chi connectivity index (χ0v) is 9.61. The molecular weight excluding hydrogens is 188 g/mol. The molecule has 0 fully saturated rings. The summed E-state index contributed by atoms with van der Waals surface area (Å²) in [5.41, 5.74) is 1.40. The molecule has 0 spiro atoms. The molecule has 1 unspecified atom stereocenters. The summed E-state index contributed by atoms with van der Waals surface area (Å²) in [6.45, 7) is 2.69. The second kappa shape index (κ2) is 7.43. The van der Waals surface area contributed by atoms with Gasteiger partial charge in [-0.05, 0) is 31.7 Å². The molecule has 0 aromatic heterocycles. The molecule has 2 heteroatoms. The lowest BCUT2D eigenvalue weighted by molar-refractivity contribution is -0.111. The van der Waals surface area contributed by atoms with E-state index in [0.717, 1.165) is 19.4 Å². The molecule has 0 saturated heterocycles. The van der Waals surface area contributed by atoms with Crippen molar-refractivity contribution in [2.24, 2.45) is 0 Å². The molecular formula is C13H20O2. The van der Waals surface area contributed by atoms with Crippen LogP contribution >= 0.6 is 0 Å². The van der Waals surface area contributed by atoms with Gasteiger partial charge in [0.2, 0.25) is 0 Å². The van der Waals surface area contributed by atoms with Crippen LogP contribution in [0.1, 0.15) is 25.3 Å². The zero-order chi connectivity index (χ0) is 10.9. The Morgan fingerprint density at radius 3 is 2.53 bits per heavy atom. The molecule has 0 aliphatic carbocycles. The largest absolute Gasteiger partial charge is 0.356 e. The first-order chi connectivity index (χ1) is 7.33. The van der Waals surface area contributed by atoms with Gasteiger partial charge in [-0.15, -0.1) is 0 Å². The second-order valence-corrected chi connectivity index (χ2v) is 3.62. The lowest BCUT2D eigenvalue weighted by atomic mass is 10.1. The van der Waals surface area contributed by atoms with Crippen LogP contribution in [0.4, 0.5) is 0 Å². The number of benzene rings is 1. The molecule has 0 aliphatic heterocycles. The first-order valence-electron chi connectivity index (χ1n) is 5.51. The van der Waals surface area contributed by atoms with Crippen molar-refractivity contribution in [1.29, 1.82) is 0 Å². The third-order valence-electron chi connectivity index (χ3n) is 2.39. The van der Waals surface area contributed by atoms with E-state index in [1.807, 2.05) is 13.0 Å². The highest BCUT2D eigenvalue weighted by atomic mass is 16.7. The molecule has 0 amide bonds. The van der Waals surface area contributed by atoms with Crippen molar-refractivity contribution in [3.05, 3.63) is 35.9 Å². The highest BCUT2D eigenvalue weighted by molar-refractivity contribution is 5.14. The summed E-state index contributed by atoms with van der Waals surface area (Å²) in [5, 5.41) is 0. The topological polar surface area (TPSA) is 18.5 Å². The SMILES string of the molecule is COC(C)OCCCCc1ccccc1. The number of ether oxygens (including phenoxy) is 2. The maximum atomic E-state index is 5.41. The summed E-state index contributed by atoms with van der Waals surface area (Å²) in [7, 11) is 1.66. The lowest BCUT2D eigenvalue weighted by Gasteiger charge is -2.10. The fourth-order valence-electron chi connectivity index (χ4n) is 1.39. The lowest BCUT2D eigenvalue weighted by Crippen LogP contribution is -2.11. The number of unbranched alkanes of at least 4 members (excludes halogenated alkanes) is 1. The Morgan fingerprint density at radius 2 is 1.87 bits per heavy atom. The van der Waals surface area contributed by atoms with Gasteiger partial charge in [-0.2, -0.15) is 0 Å². The first-order valence-corrected chi connectivity index (χ1v) is 5.51. The predicted molar refractivity (Wildman–Crippen MR) is 61.8 cm³/mol. The number of aryl methyl sites for hydroxylation is 1. The number of hydrogen-bond acceptors (Lipinski definition) is 2. The van der Waals surface area contributed by atoms with E-state index in [2.05, 4.69) is 24.3 Å². The van der Waals surface area contributed by atoms with Gasteiger partial charge in [0.05, 0.1) is 0 Å². The maximum absolute atomic E-state index is 5.41. The van der Waals surface area contributed by atoms with Crippen LogP contribution in [-0.4, -0.2) is 20.0 Å². The minimum absolute atomic E-state index is 0.0817. The van der Waals surface area contributed by atoms with E-state index < -0.39 is 0 Å². The van der Waals surface area contributed by atoms with Crippen LogP contribution in [0.2, 0.25) is 0 Å². The predicted octanol–water partition coefficient (Wildman–Crippen LogP) is 3.02. The Morgan fingerprint density at radius 1 is 1.13 bits per heavy atom. The quantitative estimate of drug-likeness (QED) is 0.506. The highest BCUT2D eigenvalue weighted by Gasteiger charge is 1.97. The van der Waals surface area contributed by atoms with Crippen molar-refractivity contribution in [2.75, 3.05) is 13.7 Å². The summed E-state index contributed by atoms with van der Waals surface area (Å²) in [6, 6.07) is 10.5. The van der Waals surface area contributed by atoms with Gasteiger partial charge < -0.3 is 9.47 Å². The van der Waals surface area contributed by atoms with E-state index >= 15 is 0 Å². The van der Waals surface area contributed by atoms with Gasteiger partial charge in [0.15, 0.2) is 6.29 Å². The maximum Gasteiger partial charge on any atom is 0.154 e. The van der Waals surface area contributed by atoms with Gasteiger partial charge in [-0.25, -0.2) is 0 Å². The Kier molecular flexibility index (Phi) is 6.05. The molecule has 15 heavy (non-hydrogen) atoms. The molecule has 2 nitrogen and oxygen atoms in total. The van der Waals surface area contributed by atoms with Crippen LogP contribution in [-0.2, 0) is 15.9 Å². The smallest absolute Gasteiger partial charge is 0.154 e. The van der Waals surface area contributed by atoms with E-state index in [-0.39, 0.29) is 6.29 Å². The molecule has 1 aromatic carbocycles. The van der Waals surface area contributed by atoms with Crippen molar-refractivity contribution in [3.8, 4) is 0 Å². The van der Waals surface area contributed by atoms with Gasteiger partial charge in [0, 0.05) is 13.7 Å². The van der Waals surface area contributed by atoms with Crippen molar-refractivity contribution in [1.82, 2.24) is 0 Å². The van der Waals surface area contributed by atoms with Gasteiger partial charge in [-0.3, -0.25) is 0 Å². The minimum Gasteiger partial charge on any atom is -0.356 e. The molecule has 1 atom stereocenters. The molecule has 1 rings (SSSR count). The summed E-state index contributed by atoms with van der Waals surface area (Å²) < 4.78 is 10.4. The normalized spacial score (nSPS) is 12.7. The summed E-state index contributed by atoms with van der Waals surface area (Å²) >= 11 is 0. The molecule has 0 radical (unpaired) electrons. The standard InChI is InChI=1S/C13H20O2/c1-12(14-2)15-11-7-6-10-13-8-4-3-5-9-13/h3-5,8-9,12H,6-7,10-11H2,1-2H3. The highest BCUT2D eigenvalue weighted by Crippen LogP contribution is 2.05. The monoisotopic (exact) mass is 208 g/mol. The Balaban J connectivity index is 2.03. The molecule has 0 aliphatic rings. The van der Waals surface area contributed by atoms with Crippen LogP contribution < -0.4 is 0 Å².